The van der Waals surface area contributed by atoms with E-state index in [2.05, 4.69) is 5.16 Å². The number of rotatable bonds is 3. The van der Waals surface area contributed by atoms with Gasteiger partial charge in [0, 0.05) is 24.1 Å². The fourth-order valence-electron chi connectivity index (χ4n) is 4.13. The van der Waals surface area contributed by atoms with Gasteiger partial charge < -0.3 is 14.2 Å². The van der Waals surface area contributed by atoms with Crippen LogP contribution in [-0.2, 0) is 21.6 Å². The molecule has 26 heavy (non-hydrogen) atoms. The lowest BCUT2D eigenvalue weighted by molar-refractivity contribution is -0.138. The van der Waals surface area contributed by atoms with Crippen molar-refractivity contribution >= 4 is 11.9 Å². The molecule has 0 bridgehead atoms. The number of benzene rings is 1. The minimum atomic E-state index is -0.690. The van der Waals surface area contributed by atoms with Crippen LogP contribution in [0.3, 0.4) is 0 Å². The molecular formula is C20H22N2O4. The van der Waals surface area contributed by atoms with Gasteiger partial charge in [0.1, 0.15) is 5.76 Å². The number of esters is 1. The monoisotopic (exact) mass is 354 g/mol. The van der Waals surface area contributed by atoms with E-state index < -0.39 is 5.60 Å². The van der Waals surface area contributed by atoms with Gasteiger partial charge in [-0.15, -0.1) is 0 Å². The summed E-state index contributed by atoms with van der Waals surface area (Å²) in [5, 5.41) is 3.94. The predicted molar refractivity (Wildman–Crippen MR) is 93.6 cm³/mol. The number of piperidine rings is 1. The Balaban J connectivity index is 1.49. The molecule has 1 atom stereocenters. The predicted octanol–water partition coefficient (Wildman–Crippen LogP) is 2.91. The number of ether oxygens (including phenoxy) is 1. The normalized spacial score (nSPS) is 21.8. The fourth-order valence-corrected chi connectivity index (χ4v) is 4.13. The molecule has 0 radical (unpaired) electrons. The van der Waals surface area contributed by atoms with Crippen LogP contribution in [0.25, 0.3) is 0 Å². The van der Waals surface area contributed by atoms with Gasteiger partial charge in [-0.2, -0.15) is 0 Å². The summed E-state index contributed by atoms with van der Waals surface area (Å²) in [6.07, 6.45) is 2.58. The van der Waals surface area contributed by atoms with Crippen LogP contribution in [0.4, 0.5) is 0 Å². The molecule has 1 unspecified atom stereocenters. The van der Waals surface area contributed by atoms with Crippen LogP contribution < -0.4 is 0 Å². The van der Waals surface area contributed by atoms with Crippen LogP contribution in [0.1, 0.15) is 52.2 Å². The largest absolute Gasteiger partial charge is 0.449 e. The van der Waals surface area contributed by atoms with Crippen molar-refractivity contribution in [1.29, 1.82) is 0 Å². The Morgan fingerprint density at radius 1 is 1.31 bits per heavy atom. The van der Waals surface area contributed by atoms with Crippen molar-refractivity contribution in [2.24, 2.45) is 0 Å². The summed E-state index contributed by atoms with van der Waals surface area (Å²) < 4.78 is 10.9. The Kier molecular flexibility index (Phi) is 4.05. The molecule has 1 saturated heterocycles. The Labute approximate surface area is 152 Å². The molecule has 6 nitrogen and oxygen atoms in total. The number of carbonyl (C=O) groups is 2. The molecule has 1 amide bonds. The van der Waals surface area contributed by atoms with Gasteiger partial charge in [0.2, 0.25) is 5.91 Å². The Morgan fingerprint density at radius 2 is 2.12 bits per heavy atom. The van der Waals surface area contributed by atoms with Crippen molar-refractivity contribution in [2.75, 3.05) is 13.1 Å². The molecule has 3 heterocycles. The van der Waals surface area contributed by atoms with Gasteiger partial charge in [0.15, 0.2) is 5.60 Å². The quantitative estimate of drug-likeness (QED) is 0.793. The average Bonchev–Trinajstić information content (AvgIpc) is 3.10. The topological polar surface area (TPSA) is 72.6 Å². The lowest BCUT2D eigenvalue weighted by Gasteiger charge is -2.39. The maximum Gasteiger partial charge on any atom is 0.339 e. The second kappa shape index (κ2) is 6.27. The minimum absolute atomic E-state index is 0.0736. The van der Waals surface area contributed by atoms with E-state index >= 15 is 0 Å². The number of hydrogen-bond acceptors (Lipinski definition) is 5. The van der Waals surface area contributed by atoms with E-state index in [1.807, 2.05) is 36.9 Å². The van der Waals surface area contributed by atoms with Gasteiger partial charge in [-0.05, 0) is 39.2 Å². The second-order valence-electron chi connectivity index (χ2n) is 7.15. The van der Waals surface area contributed by atoms with E-state index in [0.29, 0.717) is 31.5 Å². The number of fused-ring (bicyclic) bond motifs is 2. The van der Waals surface area contributed by atoms with Gasteiger partial charge in [0.25, 0.3) is 0 Å². The number of hydrogen-bond donors (Lipinski definition) is 0. The van der Waals surface area contributed by atoms with Crippen LogP contribution in [-0.4, -0.2) is 35.0 Å². The van der Waals surface area contributed by atoms with Crippen molar-refractivity contribution < 1.29 is 18.8 Å². The summed E-state index contributed by atoms with van der Waals surface area (Å²) in [6.45, 7) is 4.88. The highest BCUT2D eigenvalue weighted by Gasteiger charge is 2.48. The third kappa shape index (κ3) is 2.69. The van der Waals surface area contributed by atoms with E-state index in [9.17, 15) is 9.59 Å². The molecule has 0 saturated carbocycles. The first-order valence-corrected chi connectivity index (χ1v) is 9.02. The molecule has 136 valence electrons. The second-order valence-corrected chi connectivity index (χ2v) is 7.15. The first-order valence-electron chi connectivity index (χ1n) is 9.02. The lowest BCUT2D eigenvalue weighted by Crippen LogP contribution is -2.48. The van der Waals surface area contributed by atoms with Crippen molar-refractivity contribution in [1.82, 2.24) is 10.1 Å². The number of aromatic nitrogens is 1. The molecule has 2 aliphatic rings. The van der Waals surface area contributed by atoms with Crippen molar-refractivity contribution in [3.8, 4) is 0 Å². The van der Waals surface area contributed by atoms with E-state index in [1.165, 1.54) is 0 Å². The standard InChI is InChI=1S/C20H22N2O4/c1-13-15(14(2)26-21-13)8-9-18(23)22-11-5-10-20(12-22)17-7-4-3-6-16(17)19(24)25-20/h3-4,6-7H,5,8-12H2,1-2H3. The average molecular weight is 354 g/mol. The molecule has 1 fully saturated rings. The van der Waals surface area contributed by atoms with Crippen LogP contribution in [0.2, 0.25) is 0 Å². The molecule has 2 aromatic rings. The SMILES string of the molecule is Cc1noc(C)c1CCC(=O)N1CCCC2(C1)OC(=O)c1ccccc12. The van der Waals surface area contributed by atoms with Crippen LogP contribution >= 0.6 is 0 Å². The first-order chi connectivity index (χ1) is 12.5. The Morgan fingerprint density at radius 3 is 2.88 bits per heavy atom. The molecular weight excluding hydrogens is 332 g/mol. The van der Waals surface area contributed by atoms with E-state index in [4.69, 9.17) is 9.26 Å². The van der Waals surface area contributed by atoms with E-state index in [1.54, 1.807) is 6.07 Å². The Bertz CT molecular complexity index is 853. The molecule has 4 rings (SSSR count). The van der Waals surface area contributed by atoms with Crippen molar-refractivity contribution in [3.63, 3.8) is 0 Å². The van der Waals surface area contributed by atoms with Crippen molar-refractivity contribution in [3.05, 3.63) is 52.4 Å². The smallest absolute Gasteiger partial charge is 0.339 e. The maximum atomic E-state index is 12.8. The third-order valence-electron chi connectivity index (χ3n) is 5.50. The Hall–Kier alpha value is -2.63. The zero-order valence-corrected chi connectivity index (χ0v) is 15.1. The van der Waals surface area contributed by atoms with Crippen LogP contribution in [0, 0.1) is 13.8 Å². The summed E-state index contributed by atoms with van der Waals surface area (Å²) in [5.41, 5.74) is 2.68. The third-order valence-corrected chi connectivity index (χ3v) is 5.50. The van der Waals surface area contributed by atoms with Gasteiger partial charge in [-0.25, -0.2) is 4.79 Å². The molecule has 2 aliphatic heterocycles. The number of likely N-dealkylation sites (tertiary alicyclic amines) is 1. The summed E-state index contributed by atoms with van der Waals surface area (Å²) in [6, 6.07) is 7.50. The highest BCUT2D eigenvalue weighted by atomic mass is 16.6. The van der Waals surface area contributed by atoms with Gasteiger partial charge in [0.05, 0.1) is 17.8 Å². The van der Waals surface area contributed by atoms with Gasteiger partial charge in [-0.1, -0.05) is 23.4 Å². The maximum absolute atomic E-state index is 12.8. The zero-order chi connectivity index (χ0) is 18.3. The van der Waals surface area contributed by atoms with Crippen LogP contribution in [0.15, 0.2) is 28.8 Å². The summed E-state index contributed by atoms with van der Waals surface area (Å²) in [5.74, 6) is 0.555. The summed E-state index contributed by atoms with van der Waals surface area (Å²) in [7, 11) is 0. The zero-order valence-electron chi connectivity index (χ0n) is 15.1. The molecule has 6 heteroatoms. The van der Waals surface area contributed by atoms with E-state index in [-0.39, 0.29) is 11.9 Å². The van der Waals surface area contributed by atoms with E-state index in [0.717, 1.165) is 35.4 Å². The molecule has 1 aromatic heterocycles. The highest BCUT2D eigenvalue weighted by Crippen LogP contribution is 2.42. The van der Waals surface area contributed by atoms with Crippen LogP contribution in [0.5, 0.6) is 0 Å². The minimum Gasteiger partial charge on any atom is -0.449 e. The number of amides is 1. The van der Waals surface area contributed by atoms with Gasteiger partial charge >= 0.3 is 5.97 Å². The van der Waals surface area contributed by atoms with Crippen molar-refractivity contribution in [2.45, 2.75) is 45.1 Å². The van der Waals surface area contributed by atoms with Gasteiger partial charge in [-0.3, -0.25) is 4.79 Å². The molecule has 0 N–H and O–H groups in total. The first kappa shape index (κ1) is 16.8. The molecule has 1 aromatic carbocycles. The highest BCUT2D eigenvalue weighted by molar-refractivity contribution is 5.95. The lowest BCUT2D eigenvalue weighted by atomic mass is 9.85. The molecule has 1 spiro atoms. The number of carbonyl (C=O) groups excluding carboxylic acids is 2. The summed E-state index contributed by atoms with van der Waals surface area (Å²) >= 11 is 0. The summed E-state index contributed by atoms with van der Waals surface area (Å²) in [4.78, 5) is 26.8. The number of nitrogens with zero attached hydrogens (tertiary/aromatic N) is 2. The fraction of sp³-hybridized carbons (Fsp3) is 0.450. The molecule has 0 aliphatic carbocycles. The number of aryl methyl sites for hydroxylation is 2.